The first-order valence-corrected chi connectivity index (χ1v) is 6.57. The van der Waals surface area contributed by atoms with Gasteiger partial charge in [0.2, 0.25) is 5.91 Å². The second-order valence-corrected chi connectivity index (χ2v) is 4.94. The SMILES string of the molecule is COc1ccc(CC(C)C(=O)NCC(C)C(=O)O)cc1. The molecular formula is C15H21NO4. The molecule has 0 radical (unpaired) electrons. The van der Waals surface area contributed by atoms with Gasteiger partial charge in [0.1, 0.15) is 5.75 Å². The summed E-state index contributed by atoms with van der Waals surface area (Å²) < 4.78 is 5.07. The number of methoxy groups -OCH3 is 1. The molecule has 0 heterocycles. The molecule has 0 spiro atoms. The predicted molar refractivity (Wildman–Crippen MR) is 75.7 cm³/mol. The van der Waals surface area contributed by atoms with E-state index in [1.807, 2.05) is 31.2 Å². The van der Waals surface area contributed by atoms with Crippen LogP contribution in [0.15, 0.2) is 24.3 Å². The first-order chi connectivity index (χ1) is 9.43. The molecule has 0 saturated carbocycles. The molecule has 1 aromatic rings. The minimum Gasteiger partial charge on any atom is -0.497 e. The third-order valence-electron chi connectivity index (χ3n) is 3.15. The Kier molecular flexibility index (Phi) is 6.03. The Morgan fingerprint density at radius 2 is 1.80 bits per heavy atom. The van der Waals surface area contributed by atoms with E-state index in [0.717, 1.165) is 11.3 Å². The number of carbonyl (C=O) groups excluding carboxylic acids is 1. The van der Waals surface area contributed by atoms with Crippen molar-refractivity contribution in [3.05, 3.63) is 29.8 Å². The van der Waals surface area contributed by atoms with Crippen LogP contribution in [-0.4, -0.2) is 30.6 Å². The minimum absolute atomic E-state index is 0.131. The number of aliphatic carboxylic acids is 1. The average molecular weight is 279 g/mol. The highest BCUT2D eigenvalue weighted by Crippen LogP contribution is 2.14. The number of ether oxygens (including phenoxy) is 1. The van der Waals surface area contributed by atoms with Crippen molar-refractivity contribution in [3.8, 4) is 5.75 Å². The van der Waals surface area contributed by atoms with E-state index in [9.17, 15) is 9.59 Å². The fraction of sp³-hybridized carbons (Fsp3) is 0.467. The van der Waals surface area contributed by atoms with E-state index in [1.165, 1.54) is 0 Å². The Morgan fingerprint density at radius 3 is 2.30 bits per heavy atom. The van der Waals surface area contributed by atoms with Gasteiger partial charge in [0.25, 0.3) is 0 Å². The first-order valence-electron chi connectivity index (χ1n) is 6.57. The van der Waals surface area contributed by atoms with E-state index in [0.29, 0.717) is 6.42 Å². The van der Waals surface area contributed by atoms with Crippen molar-refractivity contribution in [1.29, 1.82) is 0 Å². The standard InChI is InChI=1S/C15H21NO4/c1-10(14(17)16-9-11(2)15(18)19)8-12-4-6-13(20-3)7-5-12/h4-7,10-11H,8-9H2,1-3H3,(H,16,17)(H,18,19). The quantitative estimate of drug-likeness (QED) is 0.796. The second kappa shape index (κ2) is 7.53. The lowest BCUT2D eigenvalue weighted by Gasteiger charge is -2.14. The Hall–Kier alpha value is -2.04. The molecule has 1 amide bonds. The van der Waals surface area contributed by atoms with Gasteiger partial charge in [0.05, 0.1) is 13.0 Å². The first kappa shape index (κ1) is 16.0. The molecule has 20 heavy (non-hydrogen) atoms. The Labute approximate surface area is 118 Å². The van der Waals surface area contributed by atoms with Crippen LogP contribution in [0.25, 0.3) is 0 Å². The summed E-state index contributed by atoms with van der Waals surface area (Å²) >= 11 is 0. The van der Waals surface area contributed by atoms with Crippen molar-refractivity contribution in [1.82, 2.24) is 5.32 Å². The van der Waals surface area contributed by atoms with E-state index in [1.54, 1.807) is 14.0 Å². The summed E-state index contributed by atoms with van der Waals surface area (Å²) in [7, 11) is 1.61. The average Bonchev–Trinajstić information content (AvgIpc) is 2.44. The highest BCUT2D eigenvalue weighted by molar-refractivity contribution is 5.79. The lowest BCUT2D eigenvalue weighted by molar-refractivity contribution is -0.141. The molecule has 2 atom stereocenters. The molecule has 5 nitrogen and oxygen atoms in total. The number of hydrogen-bond donors (Lipinski definition) is 2. The van der Waals surface area contributed by atoms with E-state index < -0.39 is 11.9 Å². The fourth-order valence-corrected chi connectivity index (χ4v) is 1.72. The number of carboxylic acids is 1. The number of carboxylic acid groups (broad SMARTS) is 1. The predicted octanol–water partition coefficient (Wildman–Crippen LogP) is 1.71. The molecule has 110 valence electrons. The van der Waals surface area contributed by atoms with Gasteiger partial charge >= 0.3 is 5.97 Å². The van der Waals surface area contributed by atoms with E-state index in [-0.39, 0.29) is 18.4 Å². The van der Waals surface area contributed by atoms with Gasteiger partial charge in [-0.05, 0) is 24.1 Å². The van der Waals surface area contributed by atoms with Crippen LogP contribution >= 0.6 is 0 Å². The number of benzene rings is 1. The van der Waals surface area contributed by atoms with Gasteiger partial charge in [0.15, 0.2) is 0 Å². The summed E-state index contributed by atoms with van der Waals surface area (Å²) in [5, 5.41) is 11.4. The summed E-state index contributed by atoms with van der Waals surface area (Å²) in [6.45, 7) is 3.54. The van der Waals surface area contributed by atoms with Gasteiger partial charge in [-0.25, -0.2) is 0 Å². The van der Waals surface area contributed by atoms with E-state index in [4.69, 9.17) is 9.84 Å². The zero-order valence-corrected chi connectivity index (χ0v) is 12.1. The summed E-state index contributed by atoms with van der Waals surface area (Å²) in [5.74, 6) is -1.04. The van der Waals surface area contributed by atoms with Gasteiger partial charge in [-0.15, -0.1) is 0 Å². The summed E-state index contributed by atoms with van der Waals surface area (Å²) in [6, 6.07) is 7.55. The summed E-state index contributed by atoms with van der Waals surface area (Å²) in [5.41, 5.74) is 1.04. The molecule has 0 aromatic heterocycles. The van der Waals surface area contributed by atoms with Crippen molar-refractivity contribution < 1.29 is 19.4 Å². The van der Waals surface area contributed by atoms with Crippen molar-refractivity contribution in [3.63, 3.8) is 0 Å². The normalized spacial score (nSPS) is 13.3. The maximum absolute atomic E-state index is 11.9. The van der Waals surface area contributed by atoms with Crippen LogP contribution in [0.2, 0.25) is 0 Å². The fourth-order valence-electron chi connectivity index (χ4n) is 1.72. The molecule has 2 unspecified atom stereocenters. The van der Waals surface area contributed by atoms with Crippen LogP contribution in [0.1, 0.15) is 19.4 Å². The molecular weight excluding hydrogens is 258 g/mol. The molecule has 2 N–H and O–H groups in total. The van der Waals surface area contributed by atoms with Crippen LogP contribution in [-0.2, 0) is 16.0 Å². The minimum atomic E-state index is -0.909. The zero-order valence-electron chi connectivity index (χ0n) is 12.1. The van der Waals surface area contributed by atoms with Crippen LogP contribution in [0.5, 0.6) is 5.75 Å². The number of carbonyl (C=O) groups is 2. The number of hydrogen-bond acceptors (Lipinski definition) is 3. The second-order valence-electron chi connectivity index (χ2n) is 4.94. The zero-order chi connectivity index (χ0) is 15.1. The smallest absolute Gasteiger partial charge is 0.308 e. The molecule has 0 aliphatic carbocycles. The van der Waals surface area contributed by atoms with Crippen molar-refractivity contribution in [2.45, 2.75) is 20.3 Å². The maximum Gasteiger partial charge on any atom is 0.308 e. The molecule has 0 bridgehead atoms. The molecule has 0 fully saturated rings. The third kappa shape index (κ3) is 4.91. The van der Waals surface area contributed by atoms with E-state index >= 15 is 0 Å². The maximum atomic E-state index is 11.9. The van der Waals surface area contributed by atoms with Gasteiger partial charge in [0, 0.05) is 12.5 Å². The third-order valence-corrected chi connectivity index (χ3v) is 3.15. The van der Waals surface area contributed by atoms with Gasteiger partial charge in [-0.3, -0.25) is 9.59 Å². The monoisotopic (exact) mass is 279 g/mol. The molecule has 0 aliphatic rings. The summed E-state index contributed by atoms with van der Waals surface area (Å²) in [6.07, 6.45) is 0.608. The lowest BCUT2D eigenvalue weighted by atomic mass is 10.00. The van der Waals surface area contributed by atoms with E-state index in [2.05, 4.69) is 5.32 Å². The van der Waals surface area contributed by atoms with Crippen LogP contribution in [0, 0.1) is 11.8 Å². The van der Waals surface area contributed by atoms with Crippen LogP contribution in [0.3, 0.4) is 0 Å². The van der Waals surface area contributed by atoms with Gasteiger partial charge in [-0.1, -0.05) is 26.0 Å². The van der Waals surface area contributed by atoms with Gasteiger partial charge in [-0.2, -0.15) is 0 Å². The molecule has 5 heteroatoms. The highest BCUT2D eigenvalue weighted by Gasteiger charge is 2.16. The molecule has 1 rings (SSSR count). The largest absolute Gasteiger partial charge is 0.497 e. The number of amides is 1. The topological polar surface area (TPSA) is 75.6 Å². The Bertz CT molecular complexity index is 455. The lowest BCUT2D eigenvalue weighted by Crippen LogP contribution is -2.35. The molecule has 0 aliphatic heterocycles. The summed E-state index contributed by atoms with van der Waals surface area (Å²) in [4.78, 5) is 22.5. The molecule has 0 saturated heterocycles. The van der Waals surface area contributed by atoms with Crippen molar-refractivity contribution >= 4 is 11.9 Å². The Balaban J connectivity index is 2.46. The van der Waals surface area contributed by atoms with Crippen LogP contribution in [0.4, 0.5) is 0 Å². The number of nitrogens with one attached hydrogen (secondary N) is 1. The van der Waals surface area contributed by atoms with Crippen molar-refractivity contribution in [2.24, 2.45) is 11.8 Å². The van der Waals surface area contributed by atoms with Gasteiger partial charge < -0.3 is 15.2 Å². The van der Waals surface area contributed by atoms with Crippen molar-refractivity contribution in [2.75, 3.05) is 13.7 Å². The highest BCUT2D eigenvalue weighted by atomic mass is 16.5. The van der Waals surface area contributed by atoms with Crippen LogP contribution < -0.4 is 10.1 Å². The Morgan fingerprint density at radius 1 is 1.20 bits per heavy atom. The molecule has 1 aromatic carbocycles. The number of rotatable bonds is 7.